The molecule has 3 nitrogen and oxygen atoms in total. The van der Waals surface area contributed by atoms with E-state index in [-0.39, 0.29) is 0 Å². The summed E-state index contributed by atoms with van der Waals surface area (Å²) in [6.45, 7) is 7.95. The van der Waals surface area contributed by atoms with Gasteiger partial charge in [-0.15, -0.1) is 13.2 Å². The van der Waals surface area contributed by atoms with E-state index in [0.29, 0.717) is 18.8 Å². The Morgan fingerprint density at radius 1 is 1.45 bits per heavy atom. The van der Waals surface area contributed by atoms with Gasteiger partial charge in [0.25, 0.3) is 0 Å². The molecule has 0 N–H and O–H groups in total. The Bertz CT molecular complexity index is 128. The average Bonchev–Trinajstić information content (AvgIpc) is 2.01. The molecule has 0 amide bonds. The van der Waals surface area contributed by atoms with Gasteiger partial charge in [0.1, 0.15) is 0 Å². The number of nitrogens with zero attached hydrogens (tertiary/aromatic N) is 1. The molecule has 0 saturated heterocycles. The molecule has 0 aromatic heterocycles. The molecule has 62 valence electrons. The van der Waals surface area contributed by atoms with Crippen molar-refractivity contribution in [2.45, 2.75) is 0 Å². The highest BCUT2D eigenvalue weighted by atomic mass is 32.2. The molecule has 0 aromatic rings. The van der Waals surface area contributed by atoms with Crippen molar-refractivity contribution in [1.29, 1.82) is 0 Å². The number of rotatable bonds is 7. The number of hydrogen-bond acceptors (Lipinski definition) is 4. The monoisotopic (exact) mass is 173 g/mol. The number of hydrogen-bond donors (Lipinski definition) is 0. The molecule has 0 aliphatic rings. The Balaban J connectivity index is 3.57. The predicted molar refractivity (Wildman–Crippen MR) is 46.7 cm³/mol. The van der Waals surface area contributed by atoms with Gasteiger partial charge in [0.05, 0.1) is 6.54 Å². The highest BCUT2D eigenvalue weighted by molar-refractivity contribution is 7.97. The van der Waals surface area contributed by atoms with Gasteiger partial charge in [-0.2, -0.15) is 0 Å². The van der Waals surface area contributed by atoms with Crippen LogP contribution in [-0.2, 0) is 9.63 Å². The van der Waals surface area contributed by atoms with Crippen molar-refractivity contribution in [3.63, 3.8) is 0 Å². The van der Waals surface area contributed by atoms with Crippen molar-refractivity contribution < 1.29 is 9.63 Å². The second-order valence-corrected chi connectivity index (χ2v) is 2.59. The molecular formula is C7H11NO2S. The van der Waals surface area contributed by atoms with Gasteiger partial charge < -0.3 is 4.84 Å². The van der Waals surface area contributed by atoms with Gasteiger partial charge in [-0.25, -0.2) is 0 Å². The Labute approximate surface area is 70.8 Å². The van der Waals surface area contributed by atoms with Gasteiger partial charge in [0.2, 0.25) is 0 Å². The van der Waals surface area contributed by atoms with Gasteiger partial charge in [-0.3, -0.25) is 4.79 Å². The van der Waals surface area contributed by atoms with Crippen LogP contribution in [0.2, 0.25) is 0 Å². The fourth-order valence-electron chi connectivity index (χ4n) is 0.415. The summed E-state index contributed by atoms with van der Waals surface area (Å²) < 4.78 is 1.43. The number of hydroxylamine groups is 1. The lowest BCUT2D eigenvalue weighted by Gasteiger charge is -2.13. The van der Waals surface area contributed by atoms with E-state index in [1.54, 1.807) is 12.2 Å². The molecule has 11 heavy (non-hydrogen) atoms. The predicted octanol–water partition coefficient (Wildman–Crippen LogP) is 1.40. The fraction of sp³-hybridized carbons (Fsp3) is 0.286. The van der Waals surface area contributed by atoms with E-state index in [2.05, 4.69) is 18.0 Å². The zero-order valence-electron chi connectivity index (χ0n) is 6.23. The normalized spacial score (nSPS) is 9.18. The Hall–Kier alpha value is -0.740. The third-order valence-electron chi connectivity index (χ3n) is 0.775. The summed E-state index contributed by atoms with van der Waals surface area (Å²) in [7, 11) is 0. The van der Waals surface area contributed by atoms with E-state index in [1.165, 1.54) is 16.4 Å². The maximum Gasteiger partial charge on any atom is 0.314 e. The van der Waals surface area contributed by atoms with E-state index in [1.807, 2.05) is 0 Å². The summed E-state index contributed by atoms with van der Waals surface area (Å²) in [6.07, 6.45) is 3.38. The van der Waals surface area contributed by atoms with Crippen LogP contribution in [0, 0.1) is 0 Å². The van der Waals surface area contributed by atoms with Crippen molar-refractivity contribution in [2.24, 2.45) is 0 Å². The lowest BCUT2D eigenvalue weighted by atomic mass is 10.7. The molecule has 4 heteroatoms. The van der Waals surface area contributed by atoms with Crippen molar-refractivity contribution in [3.05, 3.63) is 25.3 Å². The lowest BCUT2D eigenvalue weighted by molar-refractivity contribution is -0.149. The van der Waals surface area contributed by atoms with Crippen LogP contribution in [-0.4, -0.2) is 23.2 Å². The van der Waals surface area contributed by atoms with Crippen LogP contribution in [0.1, 0.15) is 0 Å². The molecule has 0 atom stereocenters. The Kier molecular flexibility index (Phi) is 6.87. The first-order valence-electron chi connectivity index (χ1n) is 3.07. The first kappa shape index (κ1) is 10.3. The standard InChI is InChI=1S/C7H11NO2S/c1-3-5-8(10-7-9)11-6-4-2/h3-4,7H,1-2,5-6H2. The zero-order valence-corrected chi connectivity index (χ0v) is 7.05. The minimum atomic E-state index is 0.388. The molecule has 0 spiro atoms. The minimum absolute atomic E-state index is 0.388. The smallest absolute Gasteiger partial charge is 0.314 e. The Morgan fingerprint density at radius 2 is 2.18 bits per heavy atom. The maximum absolute atomic E-state index is 9.92. The van der Waals surface area contributed by atoms with E-state index in [4.69, 9.17) is 0 Å². The SMILES string of the molecule is C=CCSN(CC=C)OC=O. The quantitative estimate of drug-likeness (QED) is 0.252. The summed E-state index contributed by atoms with van der Waals surface area (Å²) in [5.74, 6) is 0.710. The number of carbonyl (C=O) groups is 1. The van der Waals surface area contributed by atoms with Crippen molar-refractivity contribution in [3.8, 4) is 0 Å². The largest absolute Gasteiger partial charge is 0.360 e. The van der Waals surface area contributed by atoms with Crippen LogP contribution in [0.3, 0.4) is 0 Å². The number of carbonyl (C=O) groups excluding carboxylic acids is 1. The summed E-state index contributed by atoms with van der Waals surface area (Å²) >= 11 is 1.36. The fourth-order valence-corrected chi connectivity index (χ4v) is 0.994. The van der Waals surface area contributed by atoms with E-state index < -0.39 is 0 Å². The van der Waals surface area contributed by atoms with Crippen molar-refractivity contribution in [2.75, 3.05) is 12.3 Å². The average molecular weight is 173 g/mol. The summed E-state index contributed by atoms with van der Waals surface area (Å²) in [5.41, 5.74) is 0. The molecule has 0 unspecified atom stereocenters. The van der Waals surface area contributed by atoms with E-state index >= 15 is 0 Å². The second kappa shape index (κ2) is 7.37. The van der Waals surface area contributed by atoms with Crippen molar-refractivity contribution in [1.82, 2.24) is 4.47 Å². The summed E-state index contributed by atoms with van der Waals surface area (Å²) in [4.78, 5) is 14.5. The summed E-state index contributed by atoms with van der Waals surface area (Å²) in [6, 6.07) is 0. The topological polar surface area (TPSA) is 29.5 Å². The lowest BCUT2D eigenvalue weighted by Crippen LogP contribution is -2.15. The van der Waals surface area contributed by atoms with Gasteiger partial charge in [-0.05, 0) is 11.9 Å². The van der Waals surface area contributed by atoms with Crippen LogP contribution in [0.25, 0.3) is 0 Å². The molecule has 0 bridgehead atoms. The molecule has 0 aliphatic heterocycles. The second-order valence-electron chi connectivity index (χ2n) is 1.59. The molecule has 0 aromatic carbocycles. The third kappa shape index (κ3) is 5.69. The first-order valence-corrected chi connectivity index (χ1v) is 4.02. The van der Waals surface area contributed by atoms with Gasteiger partial charge in [0, 0.05) is 5.75 Å². The van der Waals surface area contributed by atoms with Crippen LogP contribution >= 0.6 is 11.9 Å². The van der Waals surface area contributed by atoms with Crippen LogP contribution in [0.4, 0.5) is 0 Å². The van der Waals surface area contributed by atoms with Crippen LogP contribution in [0.15, 0.2) is 25.3 Å². The molecule has 0 rings (SSSR count). The first-order chi connectivity index (χ1) is 5.35. The van der Waals surface area contributed by atoms with Crippen LogP contribution in [0.5, 0.6) is 0 Å². The molecule has 0 radical (unpaired) electrons. The Morgan fingerprint density at radius 3 is 2.64 bits per heavy atom. The van der Waals surface area contributed by atoms with Gasteiger partial charge in [-0.1, -0.05) is 16.6 Å². The summed E-state index contributed by atoms with van der Waals surface area (Å²) in [5, 5.41) is 0. The van der Waals surface area contributed by atoms with Crippen molar-refractivity contribution >= 4 is 18.4 Å². The highest BCUT2D eigenvalue weighted by Gasteiger charge is 2.00. The molecular weight excluding hydrogens is 162 g/mol. The molecule has 0 fully saturated rings. The third-order valence-corrected chi connectivity index (χ3v) is 1.68. The highest BCUT2D eigenvalue weighted by Crippen LogP contribution is 2.08. The minimum Gasteiger partial charge on any atom is -0.360 e. The van der Waals surface area contributed by atoms with E-state index in [0.717, 1.165) is 0 Å². The molecule has 0 heterocycles. The zero-order chi connectivity index (χ0) is 8.53. The van der Waals surface area contributed by atoms with Crippen LogP contribution < -0.4 is 0 Å². The van der Waals surface area contributed by atoms with Gasteiger partial charge >= 0.3 is 6.47 Å². The molecule has 0 aliphatic carbocycles. The van der Waals surface area contributed by atoms with E-state index in [9.17, 15) is 4.79 Å². The van der Waals surface area contributed by atoms with Gasteiger partial charge in [0.15, 0.2) is 0 Å². The maximum atomic E-state index is 9.92. The molecule has 0 saturated carbocycles.